The van der Waals surface area contributed by atoms with Crippen molar-refractivity contribution in [2.75, 3.05) is 37.8 Å². The molecule has 5 rings (SSSR count). The highest BCUT2D eigenvalue weighted by Gasteiger charge is 2.26. The predicted octanol–water partition coefficient (Wildman–Crippen LogP) is 2.90. The van der Waals surface area contributed by atoms with Crippen LogP contribution in [0.25, 0.3) is 11.1 Å². The summed E-state index contributed by atoms with van der Waals surface area (Å²) in [6.07, 6.45) is 1.84. The average Bonchev–Trinajstić information content (AvgIpc) is 3.28. The fourth-order valence-corrected chi connectivity index (χ4v) is 3.85. The van der Waals surface area contributed by atoms with Crippen molar-refractivity contribution >= 4 is 11.9 Å². The van der Waals surface area contributed by atoms with Crippen molar-refractivity contribution in [1.29, 1.82) is 0 Å². The molecule has 31 heavy (non-hydrogen) atoms. The van der Waals surface area contributed by atoms with Crippen LogP contribution in [-0.2, 0) is 22.6 Å². The summed E-state index contributed by atoms with van der Waals surface area (Å²) in [4.78, 5) is 25.7. The highest BCUT2D eigenvalue weighted by Crippen LogP contribution is 2.24. The number of hydrogen-bond donors (Lipinski definition) is 0. The maximum Gasteiger partial charge on any atom is 0.261 e. The maximum atomic E-state index is 12.7. The van der Waals surface area contributed by atoms with Gasteiger partial charge in [-0.1, -0.05) is 42.5 Å². The molecule has 0 radical (unpaired) electrons. The van der Waals surface area contributed by atoms with Crippen LogP contribution in [0.3, 0.4) is 0 Å². The number of benzene rings is 2. The topological polar surface area (TPSA) is 67.8 Å². The molecule has 0 spiro atoms. The highest BCUT2D eigenvalue weighted by molar-refractivity contribution is 5.78. The molecule has 0 aliphatic carbocycles. The van der Waals surface area contributed by atoms with Crippen LogP contribution >= 0.6 is 0 Å². The maximum absolute atomic E-state index is 12.7. The first-order valence-electron chi connectivity index (χ1n) is 10.5. The Labute approximate surface area is 181 Å². The molecule has 0 bridgehead atoms. The summed E-state index contributed by atoms with van der Waals surface area (Å²) < 4.78 is 11.1. The van der Waals surface area contributed by atoms with Gasteiger partial charge in [0.25, 0.3) is 5.91 Å². The Morgan fingerprint density at radius 1 is 0.968 bits per heavy atom. The van der Waals surface area contributed by atoms with Gasteiger partial charge in [-0.25, -0.2) is 9.97 Å². The van der Waals surface area contributed by atoms with Gasteiger partial charge in [0, 0.05) is 31.4 Å². The van der Waals surface area contributed by atoms with Crippen molar-refractivity contribution in [1.82, 2.24) is 14.9 Å². The summed E-state index contributed by atoms with van der Waals surface area (Å²) >= 11 is 0. The number of nitrogens with zero attached hydrogens (tertiary/aromatic N) is 4. The highest BCUT2D eigenvalue weighted by atomic mass is 16.5. The molecule has 3 heterocycles. The average molecular weight is 416 g/mol. The van der Waals surface area contributed by atoms with E-state index in [0.717, 1.165) is 35.5 Å². The molecule has 7 heteroatoms. The van der Waals surface area contributed by atoms with Crippen LogP contribution in [0.15, 0.2) is 60.8 Å². The number of fused-ring (bicyclic) bond motifs is 1. The summed E-state index contributed by atoms with van der Waals surface area (Å²) in [7, 11) is 0. The van der Waals surface area contributed by atoms with Crippen LogP contribution in [0, 0.1) is 0 Å². The molecule has 1 fully saturated rings. The Morgan fingerprint density at radius 3 is 2.48 bits per heavy atom. The lowest BCUT2D eigenvalue weighted by Gasteiger charge is -2.26. The van der Waals surface area contributed by atoms with Gasteiger partial charge in [-0.3, -0.25) is 4.79 Å². The summed E-state index contributed by atoms with van der Waals surface area (Å²) in [5.74, 6) is 1.34. The zero-order valence-corrected chi connectivity index (χ0v) is 17.2. The fourth-order valence-electron chi connectivity index (χ4n) is 3.85. The molecule has 2 aliphatic rings. The number of anilines is 1. The number of morpholine rings is 1. The third-order valence-electron chi connectivity index (χ3n) is 5.61. The van der Waals surface area contributed by atoms with Gasteiger partial charge >= 0.3 is 0 Å². The van der Waals surface area contributed by atoms with E-state index in [4.69, 9.17) is 14.5 Å². The van der Waals surface area contributed by atoms with E-state index in [1.54, 1.807) is 4.90 Å². The molecule has 1 amide bonds. The molecule has 0 unspecified atom stereocenters. The first kappa shape index (κ1) is 19.5. The lowest BCUT2D eigenvalue weighted by atomic mass is 10.1. The Hall–Kier alpha value is -3.45. The molecule has 158 valence electrons. The van der Waals surface area contributed by atoms with Crippen LogP contribution in [0.5, 0.6) is 5.75 Å². The second kappa shape index (κ2) is 8.73. The van der Waals surface area contributed by atoms with E-state index < -0.39 is 0 Å². The molecule has 0 saturated carbocycles. The van der Waals surface area contributed by atoms with Crippen molar-refractivity contribution in [3.05, 3.63) is 72.1 Å². The molecular formula is C24H24N4O3. The minimum absolute atomic E-state index is 0.00240. The molecule has 1 aromatic heterocycles. The molecule has 2 aliphatic heterocycles. The van der Waals surface area contributed by atoms with Crippen molar-refractivity contribution in [3.8, 4) is 16.9 Å². The van der Waals surface area contributed by atoms with Gasteiger partial charge in [0.05, 0.1) is 25.5 Å². The van der Waals surface area contributed by atoms with Crippen LogP contribution in [0.2, 0.25) is 0 Å². The van der Waals surface area contributed by atoms with Gasteiger partial charge < -0.3 is 19.3 Å². The zero-order chi connectivity index (χ0) is 21.0. The summed E-state index contributed by atoms with van der Waals surface area (Å²) in [5, 5.41) is 0. The number of carbonyl (C=O) groups excluding carboxylic acids is 1. The first-order valence-corrected chi connectivity index (χ1v) is 10.5. The standard InChI is InChI=1S/C24H24N4O3/c29-23(17-31-21-8-6-19(7-9-21)18-4-2-1-3-5-18)28-15-20-14-25-24(26-22(20)16-28)27-10-12-30-13-11-27/h1-9,14H,10-13,15-17H2. The van der Waals surface area contributed by atoms with Crippen LogP contribution in [0.1, 0.15) is 11.3 Å². The number of carbonyl (C=O) groups is 1. The van der Waals surface area contributed by atoms with E-state index in [0.29, 0.717) is 38.0 Å². The number of ether oxygens (including phenoxy) is 2. The molecular weight excluding hydrogens is 392 g/mol. The van der Waals surface area contributed by atoms with Crippen molar-refractivity contribution < 1.29 is 14.3 Å². The number of rotatable bonds is 5. The Bertz CT molecular complexity index is 1050. The number of aromatic nitrogens is 2. The van der Waals surface area contributed by atoms with Crippen LogP contribution < -0.4 is 9.64 Å². The lowest BCUT2D eigenvalue weighted by Crippen LogP contribution is -2.37. The molecule has 3 aromatic rings. The van der Waals surface area contributed by atoms with Gasteiger partial charge in [0.1, 0.15) is 5.75 Å². The van der Waals surface area contributed by atoms with E-state index in [1.807, 2.05) is 48.7 Å². The summed E-state index contributed by atoms with van der Waals surface area (Å²) in [6.45, 7) is 3.97. The van der Waals surface area contributed by atoms with E-state index in [2.05, 4.69) is 22.0 Å². The van der Waals surface area contributed by atoms with Crippen LogP contribution in [0.4, 0.5) is 5.95 Å². The minimum Gasteiger partial charge on any atom is -0.484 e. The number of amides is 1. The van der Waals surface area contributed by atoms with E-state index in [-0.39, 0.29) is 12.5 Å². The van der Waals surface area contributed by atoms with E-state index >= 15 is 0 Å². The van der Waals surface area contributed by atoms with E-state index in [9.17, 15) is 4.79 Å². The molecule has 0 atom stereocenters. The predicted molar refractivity (Wildman–Crippen MR) is 117 cm³/mol. The number of hydrogen-bond acceptors (Lipinski definition) is 6. The van der Waals surface area contributed by atoms with Crippen LogP contribution in [-0.4, -0.2) is 53.7 Å². The Morgan fingerprint density at radius 2 is 1.71 bits per heavy atom. The van der Waals surface area contributed by atoms with Gasteiger partial charge in [-0.15, -0.1) is 0 Å². The van der Waals surface area contributed by atoms with Crippen molar-refractivity contribution in [2.45, 2.75) is 13.1 Å². The molecule has 7 nitrogen and oxygen atoms in total. The largest absolute Gasteiger partial charge is 0.484 e. The monoisotopic (exact) mass is 416 g/mol. The fraction of sp³-hybridized carbons (Fsp3) is 0.292. The minimum atomic E-state index is -0.0574. The summed E-state index contributed by atoms with van der Waals surface area (Å²) in [5.41, 5.74) is 4.18. The quantitative estimate of drug-likeness (QED) is 0.637. The lowest BCUT2D eigenvalue weighted by molar-refractivity contribution is -0.134. The Kier molecular flexibility index (Phi) is 5.50. The molecule has 2 aromatic carbocycles. The van der Waals surface area contributed by atoms with Gasteiger partial charge in [0.2, 0.25) is 5.95 Å². The molecule has 1 saturated heterocycles. The third-order valence-corrected chi connectivity index (χ3v) is 5.61. The second-order valence-electron chi connectivity index (χ2n) is 7.67. The van der Waals surface area contributed by atoms with Gasteiger partial charge in [-0.05, 0) is 23.3 Å². The normalized spacial score (nSPS) is 15.6. The first-order chi connectivity index (χ1) is 15.3. The SMILES string of the molecule is O=C(COc1ccc(-c2ccccc2)cc1)N1Cc2cnc(N3CCOCC3)nc2C1. The molecule has 0 N–H and O–H groups in total. The van der Waals surface area contributed by atoms with Crippen molar-refractivity contribution in [2.24, 2.45) is 0 Å². The van der Waals surface area contributed by atoms with Crippen molar-refractivity contribution in [3.63, 3.8) is 0 Å². The van der Waals surface area contributed by atoms with Gasteiger partial charge in [0.15, 0.2) is 6.61 Å². The third kappa shape index (κ3) is 4.36. The zero-order valence-electron chi connectivity index (χ0n) is 17.2. The smallest absolute Gasteiger partial charge is 0.261 e. The summed E-state index contributed by atoms with van der Waals surface area (Å²) in [6, 6.07) is 18.0. The second-order valence-corrected chi connectivity index (χ2v) is 7.67. The van der Waals surface area contributed by atoms with Gasteiger partial charge in [-0.2, -0.15) is 0 Å². The van der Waals surface area contributed by atoms with E-state index in [1.165, 1.54) is 0 Å². The Balaban J connectivity index is 1.17.